The van der Waals surface area contributed by atoms with Crippen LogP contribution in [0.25, 0.3) is 22.0 Å². The van der Waals surface area contributed by atoms with Crippen molar-refractivity contribution in [3.63, 3.8) is 0 Å². The molecule has 6 rings (SSSR count). The maximum atomic E-state index is 6.52. The molecule has 1 unspecified atom stereocenters. The number of aromatic nitrogens is 3. The highest BCUT2D eigenvalue weighted by Gasteiger charge is 2.27. The van der Waals surface area contributed by atoms with E-state index in [9.17, 15) is 0 Å². The van der Waals surface area contributed by atoms with Gasteiger partial charge in [0.15, 0.2) is 11.9 Å². The van der Waals surface area contributed by atoms with Gasteiger partial charge in [0, 0.05) is 33.0 Å². The van der Waals surface area contributed by atoms with Crippen LogP contribution in [0.15, 0.2) is 90.1 Å². The summed E-state index contributed by atoms with van der Waals surface area (Å²) in [5.74, 6) is 1.94. The number of thioether (sulfide) groups is 1. The molecule has 1 aromatic heterocycles. The van der Waals surface area contributed by atoms with Gasteiger partial charge in [-0.25, -0.2) is 0 Å². The zero-order valence-electron chi connectivity index (χ0n) is 19.3. The minimum Gasteiger partial charge on any atom is -0.496 e. The number of halogens is 1. The molecule has 0 saturated carbocycles. The molecule has 6 nitrogen and oxygen atoms in total. The van der Waals surface area contributed by atoms with Crippen molar-refractivity contribution in [2.75, 3.05) is 12.4 Å². The van der Waals surface area contributed by atoms with E-state index in [0.717, 1.165) is 38.9 Å². The van der Waals surface area contributed by atoms with Gasteiger partial charge in [-0.3, -0.25) is 0 Å². The zero-order valence-corrected chi connectivity index (χ0v) is 20.9. The third kappa shape index (κ3) is 4.32. The second-order valence-corrected chi connectivity index (χ2v) is 9.63. The number of ether oxygens (including phenoxy) is 2. The Kier molecular flexibility index (Phi) is 6.09. The molecule has 0 aliphatic carbocycles. The summed E-state index contributed by atoms with van der Waals surface area (Å²) in [6.45, 7) is 0. The number of nitrogens with one attached hydrogen (secondary N) is 1. The van der Waals surface area contributed by atoms with Crippen molar-refractivity contribution in [3.8, 4) is 22.9 Å². The third-order valence-electron chi connectivity index (χ3n) is 6.03. The van der Waals surface area contributed by atoms with Crippen LogP contribution in [0.2, 0.25) is 5.02 Å². The van der Waals surface area contributed by atoms with Crippen molar-refractivity contribution in [1.29, 1.82) is 0 Å². The summed E-state index contributed by atoms with van der Waals surface area (Å²) in [4.78, 5) is 4.77. The van der Waals surface area contributed by atoms with Gasteiger partial charge in [-0.05, 0) is 41.3 Å². The Labute approximate surface area is 217 Å². The van der Waals surface area contributed by atoms with Crippen LogP contribution < -0.4 is 14.8 Å². The van der Waals surface area contributed by atoms with Crippen molar-refractivity contribution >= 4 is 39.8 Å². The number of fused-ring (bicyclic) bond motifs is 4. The van der Waals surface area contributed by atoms with E-state index in [0.29, 0.717) is 27.5 Å². The molecular formula is C28H21ClN4O2S. The summed E-state index contributed by atoms with van der Waals surface area (Å²) in [6.07, 6.45) is -0.492. The Hall–Kier alpha value is -3.81. The average molecular weight is 513 g/mol. The van der Waals surface area contributed by atoms with Crippen LogP contribution >= 0.6 is 23.4 Å². The van der Waals surface area contributed by atoms with Gasteiger partial charge in [-0.2, -0.15) is 4.98 Å². The number of hydrogen-bond acceptors (Lipinski definition) is 7. The number of anilines is 1. The van der Waals surface area contributed by atoms with Gasteiger partial charge in [-0.15, -0.1) is 10.2 Å². The van der Waals surface area contributed by atoms with Gasteiger partial charge in [-0.1, -0.05) is 78.0 Å². The first-order chi connectivity index (χ1) is 17.7. The van der Waals surface area contributed by atoms with E-state index in [4.69, 9.17) is 26.1 Å². The largest absolute Gasteiger partial charge is 0.496 e. The van der Waals surface area contributed by atoms with Crippen molar-refractivity contribution in [1.82, 2.24) is 15.2 Å². The molecule has 1 N–H and O–H groups in total. The van der Waals surface area contributed by atoms with E-state index in [1.807, 2.05) is 78.9 Å². The fourth-order valence-corrected chi connectivity index (χ4v) is 5.14. The monoisotopic (exact) mass is 512 g/mol. The molecule has 4 aromatic carbocycles. The molecule has 0 amide bonds. The maximum absolute atomic E-state index is 6.52. The predicted octanol–water partition coefficient (Wildman–Crippen LogP) is 7.15. The molecule has 0 saturated heterocycles. The molecule has 0 bridgehead atoms. The molecule has 5 aromatic rings. The van der Waals surface area contributed by atoms with Gasteiger partial charge in [0.1, 0.15) is 5.75 Å². The lowest BCUT2D eigenvalue weighted by Gasteiger charge is -2.21. The second-order valence-electron chi connectivity index (χ2n) is 8.25. The number of rotatable bonds is 5. The van der Waals surface area contributed by atoms with Crippen LogP contribution in [0.4, 0.5) is 5.69 Å². The van der Waals surface area contributed by atoms with E-state index in [-0.39, 0.29) is 0 Å². The summed E-state index contributed by atoms with van der Waals surface area (Å²) in [5, 5.41) is 15.8. The van der Waals surface area contributed by atoms with Crippen LogP contribution in [0.5, 0.6) is 11.6 Å². The number of methoxy groups -OCH3 is 1. The lowest BCUT2D eigenvalue weighted by molar-refractivity contribution is 0.226. The van der Waals surface area contributed by atoms with E-state index in [1.54, 1.807) is 7.11 Å². The molecule has 2 heterocycles. The first kappa shape index (κ1) is 22.6. The number of nitrogens with zero attached hydrogens (tertiary/aromatic N) is 3. The lowest BCUT2D eigenvalue weighted by Crippen LogP contribution is -2.17. The van der Waals surface area contributed by atoms with Gasteiger partial charge in [0.2, 0.25) is 11.0 Å². The van der Waals surface area contributed by atoms with Gasteiger partial charge < -0.3 is 14.8 Å². The van der Waals surface area contributed by atoms with Crippen LogP contribution in [0.3, 0.4) is 0 Å². The number of benzene rings is 4. The van der Waals surface area contributed by atoms with Crippen molar-refractivity contribution in [2.24, 2.45) is 0 Å². The van der Waals surface area contributed by atoms with Crippen LogP contribution in [-0.2, 0) is 5.75 Å². The standard InChI is InChI=1S/C28H21ClN4O2S/c1-34-24-15-14-21(19-6-2-3-7-20(19)24)26-30-23-9-5-4-8-22(23)25-27(35-26)31-28(33-32-25)36-16-17-10-12-18(29)13-11-17/h2-15,26,30H,16H2,1H3. The second kappa shape index (κ2) is 9.68. The molecular weight excluding hydrogens is 492 g/mol. The normalized spacial score (nSPS) is 14.2. The minimum atomic E-state index is -0.492. The van der Waals surface area contributed by atoms with Crippen LogP contribution in [0, 0.1) is 0 Å². The SMILES string of the molecule is COc1ccc(C2Nc3ccccc3-c3nnc(SCc4ccc(Cl)cc4)nc3O2)c2ccccc12. The van der Waals surface area contributed by atoms with E-state index in [1.165, 1.54) is 11.8 Å². The molecule has 0 fully saturated rings. The quantitative estimate of drug-likeness (QED) is 0.251. The Morgan fingerprint density at radius 1 is 0.917 bits per heavy atom. The molecule has 178 valence electrons. The van der Waals surface area contributed by atoms with Gasteiger partial charge >= 0.3 is 0 Å². The first-order valence-corrected chi connectivity index (χ1v) is 12.8. The molecule has 8 heteroatoms. The molecule has 1 aliphatic rings. The summed E-state index contributed by atoms with van der Waals surface area (Å²) in [6, 6.07) is 27.8. The molecule has 0 radical (unpaired) electrons. The van der Waals surface area contributed by atoms with E-state index in [2.05, 4.69) is 21.6 Å². The van der Waals surface area contributed by atoms with E-state index < -0.39 is 6.23 Å². The van der Waals surface area contributed by atoms with Crippen molar-refractivity contribution < 1.29 is 9.47 Å². The Balaban J connectivity index is 1.40. The fraction of sp³-hybridized carbons (Fsp3) is 0.107. The first-order valence-electron chi connectivity index (χ1n) is 11.4. The van der Waals surface area contributed by atoms with Gasteiger partial charge in [0.25, 0.3) is 0 Å². The minimum absolute atomic E-state index is 0.436. The van der Waals surface area contributed by atoms with Crippen molar-refractivity contribution in [3.05, 3.63) is 101 Å². The maximum Gasteiger partial charge on any atom is 0.247 e. The highest BCUT2D eigenvalue weighted by Crippen LogP contribution is 2.41. The highest BCUT2D eigenvalue weighted by atomic mass is 35.5. The zero-order chi connectivity index (χ0) is 24.5. The average Bonchev–Trinajstić information content (AvgIpc) is 3.08. The fourth-order valence-electron chi connectivity index (χ4n) is 4.28. The Morgan fingerprint density at radius 3 is 2.53 bits per heavy atom. The predicted molar refractivity (Wildman–Crippen MR) is 144 cm³/mol. The summed E-state index contributed by atoms with van der Waals surface area (Å²) < 4.78 is 12.1. The Morgan fingerprint density at radius 2 is 1.69 bits per heavy atom. The summed E-state index contributed by atoms with van der Waals surface area (Å²) in [5.41, 5.74) is 4.50. The molecule has 1 aliphatic heterocycles. The topological polar surface area (TPSA) is 69.2 Å². The molecule has 0 spiro atoms. The van der Waals surface area contributed by atoms with Crippen molar-refractivity contribution in [2.45, 2.75) is 17.1 Å². The third-order valence-corrected chi connectivity index (χ3v) is 7.20. The van der Waals surface area contributed by atoms with Gasteiger partial charge in [0.05, 0.1) is 7.11 Å². The lowest BCUT2D eigenvalue weighted by atomic mass is 10.0. The highest BCUT2D eigenvalue weighted by molar-refractivity contribution is 7.98. The molecule has 36 heavy (non-hydrogen) atoms. The summed E-state index contributed by atoms with van der Waals surface area (Å²) in [7, 11) is 1.68. The van der Waals surface area contributed by atoms with Crippen LogP contribution in [0.1, 0.15) is 17.4 Å². The number of hydrogen-bond donors (Lipinski definition) is 1. The number of para-hydroxylation sites is 1. The molecule has 1 atom stereocenters. The van der Waals surface area contributed by atoms with Crippen LogP contribution in [-0.4, -0.2) is 22.3 Å². The van der Waals surface area contributed by atoms with E-state index >= 15 is 0 Å². The smallest absolute Gasteiger partial charge is 0.247 e. The summed E-state index contributed by atoms with van der Waals surface area (Å²) >= 11 is 7.51. The Bertz CT molecular complexity index is 1560.